The molecule has 1 rings (SSSR count). The van der Waals surface area contributed by atoms with Crippen LogP contribution in [0.3, 0.4) is 0 Å². The van der Waals surface area contributed by atoms with Crippen LogP contribution in [-0.2, 0) is 20.6 Å². The molecule has 0 atom stereocenters. The fourth-order valence-electron chi connectivity index (χ4n) is 1.58. The first-order chi connectivity index (χ1) is 9.34. The molecule has 0 spiro atoms. The van der Waals surface area contributed by atoms with E-state index in [2.05, 4.69) is 10.6 Å². The van der Waals surface area contributed by atoms with E-state index in [-0.39, 0.29) is 17.3 Å². The van der Waals surface area contributed by atoms with Crippen LogP contribution in [0.5, 0.6) is 0 Å². The van der Waals surface area contributed by atoms with E-state index >= 15 is 0 Å². The molecule has 1 aromatic rings. The number of hydrogen-bond acceptors (Lipinski definition) is 4. The number of urea groups is 1. The predicted octanol–water partition coefficient (Wildman–Crippen LogP) is -1.56. The van der Waals surface area contributed by atoms with Crippen LogP contribution in [-0.4, -0.2) is 47.3 Å². The van der Waals surface area contributed by atoms with E-state index < -0.39 is 0 Å². The lowest BCUT2D eigenvalue weighted by Crippen LogP contribution is -2.40. The van der Waals surface area contributed by atoms with Gasteiger partial charge < -0.3 is 15.5 Å². The van der Waals surface area contributed by atoms with Crippen molar-refractivity contribution in [2.45, 2.75) is 6.54 Å². The molecule has 0 unspecified atom stereocenters. The average molecular weight is 283 g/mol. The molecule has 1 heterocycles. The molecule has 0 fully saturated rings. The summed E-state index contributed by atoms with van der Waals surface area (Å²) in [5.41, 5.74) is -0.0712. The van der Waals surface area contributed by atoms with Crippen molar-refractivity contribution in [2.75, 3.05) is 27.2 Å². The number of hydrogen-bond donors (Lipinski definition) is 2. The minimum Gasteiger partial charge on any atom is -0.337 e. The Bertz CT molecular complexity index is 588. The monoisotopic (exact) mass is 283 g/mol. The second kappa shape index (κ2) is 6.90. The Morgan fingerprint density at radius 3 is 2.45 bits per heavy atom. The van der Waals surface area contributed by atoms with Crippen molar-refractivity contribution in [3.05, 3.63) is 32.6 Å². The Kier molecular flexibility index (Phi) is 5.51. The highest BCUT2D eigenvalue weighted by molar-refractivity contribution is 5.73. The summed E-state index contributed by atoms with van der Waals surface area (Å²) >= 11 is 0. The summed E-state index contributed by atoms with van der Waals surface area (Å²) in [7, 11) is 6.39. The van der Waals surface area contributed by atoms with Crippen LogP contribution >= 0.6 is 0 Å². The Morgan fingerprint density at radius 2 is 1.85 bits per heavy atom. The normalized spacial score (nSPS) is 10.4. The van der Waals surface area contributed by atoms with Gasteiger partial charge in [-0.1, -0.05) is 0 Å². The van der Waals surface area contributed by atoms with Gasteiger partial charge in [-0.25, -0.2) is 9.59 Å². The number of carbonyl (C=O) groups excluding carboxylic acids is 1. The summed E-state index contributed by atoms with van der Waals surface area (Å²) < 4.78 is 2.48. The third-order valence-corrected chi connectivity index (χ3v) is 2.92. The molecule has 0 aliphatic carbocycles. The number of nitrogens with one attached hydrogen (secondary N) is 2. The Morgan fingerprint density at radius 1 is 1.20 bits per heavy atom. The number of rotatable bonds is 5. The fourth-order valence-corrected chi connectivity index (χ4v) is 1.58. The second-order valence-electron chi connectivity index (χ2n) is 4.68. The van der Waals surface area contributed by atoms with Gasteiger partial charge in [0, 0.05) is 59.6 Å². The van der Waals surface area contributed by atoms with Gasteiger partial charge in [-0.05, 0) is 0 Å². The van der Waals surface area contributed by atoms with Gasteiger partial charge in [0.1, 0.15) is 0 Å². The molecule has 0 saturated heterocycles. The number of carbonyl (C=O) groups is 1. The summed E-state index contributed by atoms with van der Waals surface area (Å²) in [6.07, 6.45) is 0. The third kappa shape index (κ3) is 3.95. The molecule has 2 amide bonds. The van der Waals surface area contributed by atoms with Gasteiger partial charge in [-0.15, -0.1) is 0 Å². The van der Waals surface area contributed by atoms with E-state index in [0.29, 0.717) is 25.3 Å². The smallest absolute Gasteiger partial charge is 0.330 e. The van der Waals surface area contributed by atoms with Gasteiger partial charge in [0.15, 0.2) is 0 Å². The third-order valence-electron chi connectivity index (χ3n) is 2.92. The van der Waals surface area contributed by atoms with E-state index in [0.717, 1.165) is 4.57 Å². The first-order valence-electron chi connectivity index (χ1n) is 6.26. The van der Waals surface area contributed by atoms with Crippen LogP contribution < -0.4 is 21.9 Å². The Labute approximate surface area is 117 Å². The molecule has 2 N–H and O–H groups in total. The Hall–Kier alpha value is -2.09. The predicted molar refractivity (Wildman–Crippen MR) is 75.7 cm³/mol. The van der Waals surface area contributed by atoms with Gasteiger partial charge >= 0.3 is 11.7 Å². The van der Waals surface area contributed by atoms with Crippen molar-refractivity contribution in [1.29, 1.82) is 0 Å². The standard InChI is InChI=1S/C12H21N5O3/c1-15(2)11(19)14-6-5-13-8-9-7-10(18)17(4)12(20)16(9)3/h7,13H,5-6,8H2,1-4H3,(H,14,19). The summed E-state index contributed by atoms with van der Waals surface area (Å²) in [4.78, 5) is 35.9. The lowest BCUT2D eigenvalue weighted by atomic mass is 10.3. The molecule has 0 saturated carbocycles. The zero-order valence-corrected chi connectivity index (χ0v) is 12.3. The highest BCUT2D eigenvalue weighted by atomic mass is 16.2. The zero-order valence-electron chi connectivity index (χ0n) is 12.3. The van der Waals surface area contributed by atoms with E-state index in [1.165, 1.54) is 22.6 Å². The molecular formula is C12H21N5O3. The minimum absolute atomic E-state index is 0.159. The number of nitrogens with zero attached hydrogens (tertiary/aromatic N) is 3. The average Bonchev–Trinajstić information content (AvgIpc) is 2.41. The molecule has 20 heavy (non-hydrogen) atoms. The summed E-state index contributed by atoms with van der Waals surface area (Å²) in [5.74, 6) is 0. The quantitative estimate of drug-likeness (QED) is 0.640. The lowest BCUT2D eigenvalue weighted by molar-refractivity contribution is 0.217. The largest absolute Gasteiger partial charge is 0.337 e. The molecule has 0 aliphatic rings. The Balaban J connectivity index is 2.50. The number of aromatic nitrogens is 2. The van der Waals surface area contributed by atoms with Crippen LogP contribution in [0.4, 0.5) is 4.79 Å². The molecule has 1 aromatic heterocycles. The SMILES string of the molecule is CN(C)C(=O)NCCNCc1cc(=O)n(C)c(=O)n1C. The maximum absolute atomic E-state index is 11.7. The molecular weight excluding hydrogens is 262 g/mol. The van der Waals surface area contributed by atoms with Gasteiger partial charge in [-0.2, -0.15) is 0 Å². The summed E-state index contributed by atoms with van der Waals surface area (Å²) in [6, 6.07) is 1.26. The van der Waals surface area contributed by atoms with Crippen molar-refractivity contribution in [3.8, 4) is 0 Å². The van der Waals surface area contributed by atoms with Gasteiger partial charge in [-0.3, -0.25) is 13.9 Å². The molecule has 112 valence electrons. The first kappa shape index (κ1) is 16.0. The van der Waals surface area contributed by atoms with Crippen molar-refractivity contribution >= 4 is 6.03 Å². The molecule has 8 heteroatoms. The maximum atomic E-state index is 11.7. The van der Waals surface area contributed by atoms with Crippen LogP contribution in [0.2, 0.25) is 0 Å². The van der Waals surface area contributed by atoms with E-state index in [9.17, 15) is 14.4 Å². The number of amides is 2. The first-order valence-corrected chi connectivity index (χ1v) is 6.26. The maximum Gasteiger partial charge on any atom is 0.330 e. The fraction of sp³-hybridized carbons (Fsp3) is 0.583. The van der Waals surface area contributed by atoms with Crippen LogP contribution in [0.15, 0.2) is 15.7 Å². The highest BCUT2D eigenvalue weighted by Gasteiger charge is 2.05. The van der Waals surface area contributed by atoms with Crippen molar-refractivity contribution in [1.82, 2.24) is 24.7 Å². The summed E-state index contributed by atoms with van der Waals surface area (Å²) in [5, 5.41) is 5.77. The van der Waals surface area contributed by atoms with Gasteiger partial charge in [0.25, 0.3) is 5.56 Å². The van der Waals surface area contributed by atoms with Crippen LogP contribution in [0, 0.1) is 0 Å². The van der Waals surface area contributed by atoms with Crippen LogP contribution in [0.1, 0.15) is 5.69 Å². The molecule has 0 aromatic carbocycles. The molecule has 0 radical (unpaired) electrons. The lowest BCUT2D eigenvalue weighted by Gasteiger charge is -2.13. The molecule has 0 aliphatic heterocycles. The molecule has 0 bridgehead atoms. The van der Waals surface area contributed by atoms with E-state index in [1.54, 1.807) is 21.1 Å². The zero-order chi connectivity index (χ0) is 15.3. The van der Waals surface area contributed by atoms with Gasteiger partial charge in [0.05, 0.1) is 0 Å². The van der Waals surface area contributed by atoms with Crippen LogP contribution in [0.25, 0.3) is 0 Å². The van der Waals surface area contributed by atoms with E-state index in [4.69, 9.17) is 0 Å². The van der Waals surface area contributed by atoms with Crippen molar-refractivity contribution in [3.63, 3.8) is 0 Å². The second-order valence-corrected chi connectivity index (χ2v) is 4.68. The van der Waals surface area contributed by atoms with Crippen molar-refractivity contribution < 1.29 is 4.79 Å². The molecule has 8 nitrogen and oxygen atoms in total. The minimum atomic E-state index is -0.352. The van der Waals surface area contributed by atoms with Crippen molar-refractivity contribution in [2.24, 2.45) is 14.1 Å². The topological polar surface area (TPSA) is 88.4 Å². The summed E-state index contributed by atoms with van der Waals surface area (Å²) in [6.45, 7) is 1.40. The highest BCUT2D eigenvalue weighted by Crippen LogP contribution is 1.89. The van der Waals surface area contributed by atoms with E-state index in [1.807, 2.05) is 0 Å². The van der Waals surface area contributed by atoms with Gasteiger partial charge in [0.2, 0.25) is 0 Å².